The van der Waals surface area contributed by atoms with Gasteiger partial charge in [0.15, 0.2) is 5.82 Å². The van der Waals surface area contributed by atoms with E-state index in [0.29, 0.717) is 5.95 Å². The minimum atomic E-state index is -0.513. The Labute approximate surface area is 105 Å². The normalized spacial score (nSPS) is 14.4. The molecule has 2 atom stereocenters. The average Bonchev–Trinajstić information content (AvgIpc) is 2.29. The number of hydrogen-bond donors (Lipinski definition) is 2. The van der Waals surface area contributed by atoms with Crippen molar-refractivity contribution in [1.82, 2.24) is 9.97 Å². The minimum absolute atomic E-state index is 0.113. The number of aliphatic hydroxyl groups is 1. The molecule has 0 fully saturated rings. The summed E-state index contributed by atoms with van der Waals surface area (Å²) in [6, 6.07) is 0. The van der Waals surface area contributed by atoms with Crippen molar-refractivity contribution >= 4 is 17.7 Å². The van der Waals surface area contributed by atoms with Gasteiger partial charge < -0.3 is 10.4 Å². The summed E-state index contributed by atoms with van der Waals surface area (Å²) < 4.78 is 13.5. The van der Waals surface area contributed by atoms with E-state index in [1.54, 1.807) is 6.92 Å². The first-order valence-corrected chi connectivity index (χ1v) is 6.53. The molecule has 0 saturated carbocycles. The first-order chi connectivity index (χ1) is 8.04. The van der Waals surface area contributed by atoms with Crippen LogP contribution in [0.2, 0.25) is 0 Å². The molecule has 1 rings (SSSR count). The Morgan fingerprint density at radius 2 is 2.24 bits per heavy atom. The second-order valence-electron chi connectivity index (χ2n) is 3.84. The number of aliphatic hydroxyl groups excluding tert-OH is 1. The van der Waals surface area contributed by atoms with Crippen LogP contribution in [0.15, 0.2) is 11.2 Å². The van der Waals surface area contributed by atoms with Crippen LogP contribution in [-0.4, -0.2) is 33.0 Å². The molecule has 17 heavy (non-hydrogen) atoms. The molecular weight excluding hydrogens is 241 g/mol. The summed E-state index contributed by atoms with van der Waals surface area (Å²) in [5.74, 6) is -0.0295. The standard InChI is InChI=1S/C11H18FN3OS/c1-4-5-13-11-14-6-9(12)10(15-11)17-8(3)7(2)16/h6-8,16H,4-5H2,1-3H3,(H,13,14,15). The van der Waals surface area contributed by atoms with Crippen LogP contribution in [0.5, 0.6) is 0 Å². The van der Waals surface area contributed by atoms with Crippen LogP contribution in [0, 0.1) is 5.82 Å². The quantitative estimate of drug-likeness (QED) is 0.606. The van der Waals surface area contributed by atoms with Crippen molar-refractivity contribution in [2.75, 3.05) is 11.9 Å². The third kappa shape index (κ3) is 4.47. The fourth-order valence-electron chi connectivity index (χ4n) is 1.03. The average molecular weight is 259 g/mol. The number of rotatable bonds is 6. The molecule has 0 aliphatic carbocycles. The van der Waals surface area contributed by atoms with E-state index in [1.165, 1.54) is 11.8 Å². The molecule has 0 aromatic carbocycles. The van der Waals surface area contributed by atoms with Crippen molar-refractivity contribution in [3.8, 4) is 0 Å². The van der Waals surface area contributed by atoms with Gasteiger partial charge in [-0.15, -0.1) is 0 Å². The zero-order chi connectivity index (χ0) is 12.8. The van der Waals surface area contributed by atoms with E-state index < -0.39 is 11.9 Å². The number of anilines is 1. The Kier molecular flexibility index (Phi) is 5.64. The van der Waals surface area contributed by atoms with Crippen LogP contribution in [-0.2, 0) is 0 Å². The van der Waals surface area contributed by atoms with Gasteiger partial charge in [-0.25, -0.2) is 14.4 Å². The monoisotopic (exact) mass is 259 g/mol. The maximum Gasteiger partial charge on any atom is 0.223 e. The highest BCUT2D eigenvalue weighted by Gasteiger charge is 2.15. The van der Waals surface area contributed by atoms with E-state index in [1.807, 2.05) is 13.8 Å². The van der Waals surface area contributed by atoms with Crippen molar-refractivity contribution in [2.45, 2.75) is 43.6 Å². The lowest BCUT2D eigenvalue weighted by molar-refractivity contribution is 0.196. The number of halogens is 1. The molecule has 96 valence electrons. The highest BCUT2D eigenvalue weighted by molar-refractivity contribution is 7.99. The second kappa shape index (κ2) is 6.76. The maximum atomic E-state index is 13.5. The highest BCUT2D eigenvalue weighted by Crippen LogP contribution is 2.26. The lowest BCUT2D eigenvalue weighted by Gasteiger charge is -2.14. The third-order valence-corrected chi connectivity index (χ3v) is 3.50. The van der Waals surface area contributed by atoms with Gasteiger partial charge in [-0.1, -0.05) is 25.6 Å². The number of nitrogens with zero attached hydrogens (tertiary/aromatic N) is 2. The minimum Gasteiger partial charge on any atom is -0.392 e. The predicted octanol–water partition coefficient (Wildman–Crippen LogP) is 2.30. The van der Waals surface area contributed by atoms with E-state index in [2.05, 4.69) is 15.3 Å². The Balaban J connectivity index is 2.75. The number of nitrogens with one attached hydrogen (secondary N) is 1. The topological polar surface area (TPSA) is 58.0 Å². The van der Waals surface area contributed by atoms with Crippen molar-refractivity contribution in [1.29, 1.82) is 0 Å². The largest absolute Gasteiger partial charge is 0.392 e. The zero-order valence-corrected chi connectivity index (χ0v) is 11.1. The van der Waals surface area contributed by atoms with Gasteiger partial charge in [0.25, 0.3) is 0 Å². The number of aromatic nitrogens is 2. The van der Waals surface area contributed by atoms with Crippen LogP contribution in [0.1, 0.15) is 27.2 Å². The van der Waals surface area contributed by atoms with Crippen LogP contribution in [0.25, 0.3) is 0 Å². The van der Waals surface area contributed by atoms with Crippen molar-refractivity contribution in [3.05, 3.63) is 12.0 Å². The van der Waals surface area contributed by atoms with Gasteiger partial charge in [0.2, 0.25) is 5.95 Å². The molecular formula is C11H18FN3OS. The van der Waals surface area contributed by atoms with Crippen LogP contribution in [0.3, 0.4) is 0 Å². The van der Waals surface area contributed by atoms with Gasteiger partial charge >= 0.3 is 0 Å². The van der Waals surface area contributed by atoms with E-state index in [-0.39, 0.29) is 10.3 Å². The molecule has 2 unspecified atom stereocenters. The molecule has 0 amide bonds. The first-order valence-electron chi connectivity index (χ1n) is 5.65. The molecule has 6 heteroatoms. The lowest BCUT2D eigenvalue weighted by atomic mass is 10.3. The molecule has 1 aromatic heterocycles. The van der Waals surface area contributed by atoms with Crippen LogP contribution < -0.4 is 5.32 Å². The maximum absolute atomic E-state index is 13.5. The Hall–Kier alpha value is -0.880. The molecule has 0 bridgehead atoms. The van der Waals surface area contributed by atoms with Crippen molar-refractivity contribution < 1.29 is 9.50 Å². The lowest BCUT2D eigenvalue weighted by Crippen LogP contribution is -2.16. The van der Waals surface area contributed by atoms with Crippen LogP contribution >= 0.6 is 11.8 Å². The van der Waals surface area contributed by atoms with E-state index in [0.717, 1.165) is 19.2 Å². The number of thioether (sulfide) groups is 1. The summed E-state index contributed by atoms with van der Waals surface area (Å²) >= 11 is 1.21. The predicted molar refractivity (Wildman–Crippen MR) is 67.8 cm³/mol. The summed E-state index contributed by atoms with van der Waals surface area (Å²) in [6.45, 7) is 6.28. The summed E-state index contributed by atoms with van der Waals surface area (Å²) in [7, 11) is 0. The van der Waals surface area contributed by atoms with Gasteiger partial charge in [0.05, 0.1) is 12.3 Å². The molecule has 0 saturated heterocycles. The van der Waals surface area contributed by atoms with E-state index in [4.69, 9.17) is 0 Å². The fraction of sp³-hybridized carbons (Fsp3) is 0.636. The Morgan fingerprint density at radius 1 is 1.53 bits per heavy atom. The smallest absolute Gasteiger partial charge is 0.223 e. The molecule has 2 N–H and O–H groups in total. The van der Waals surface area contributed by atoms with Gasteiger partial charge in [-0.05, 0) is 13.3 Å². The van der Waals surface area contributed by atoms with Gasteiger partial charge in [0, 0.05) is 11.8 Å². The molecule has 0 aliphatic heterocycles. The summed E-state index contributed by atoms with van der Waals surface area (Å²) in [4.78, 5) is 7.94. The molecule has 0 radical (unpaired) electrons. The second-order valence-corrected chi connectivity index (χ2v) is 5.20. The molecule has 1 heterocycles. The Morgan fingerprint density at radius 3 is 2.82 bits per heavy atom. The van der Waals surface area contributed by atoms with Gasteiger partial charge in [-0.2, -0.15) is 0 Å². The molecule has 1 aromatic rings. The fourth-order valence-corrected chi connectivity index (χ4v) is 1.88. The van der Waals surface area contributed by atoms with Crippen molar-refractivity contribution in [2.24, 2.45) is 0 Å². The van der Waals surface area contributed by atoms with Crippen LogP contribution in [0.4, 0.5) is 10.3 Å². The van der Waals surface area contributed by atoms with Gasteiger partial charge in [-0.3, -0.25) is 0 Å². The summed E-state index contributed by atoms with van der Waals surface area (Å²) in [5, 5.41) is 12.5. The first kappa shape index (κ1) is 14.2. The summed E-state index contributed by atoms with van der Waals surface area (Å²) in [6.07, 6.45) is 1.59. The molecule has 0 aliphatic rings. The van der Waals surface area contributed by atoms with E-state index in [9.17, 15) is 9.50 Å². The number of hydrogen-bond acceptors (Lipinski definition) is 5. The zero-order valence-electron chi connectivity index (χ0n) is 10.3. The molecule has 4 nitrogen and oxygen atoms in total. The SMILES string of the molecule is CCCNc1ncc(F)c(SC(C)C(C)O)n1. The van der Waals surface area contributed by atoms with E-state index >= 15 is 0 Å². The summed E-state index contributed by atoms with van der Waals surface area (Å²) in [5.41, 5.74) is 0. The molecule has 0 spiro atoms. The van der Waals surface area contributed by atoms with Crippen molar-refractivity contribution in [3.63, 3.8) is 0 Å². The third-order valence-electron chi connectivity index (χ3n) is 2.22. The highest BCUT2D eigenvalue weighted by atomic mass is 32.2. The Bertz CT molecular complexity index is 363. The van der Waals surface area contributed by atoms with Gasteiger partial charge in [0.1, 0.15) is 5.03 Å².